The Morgan fingerprint density at radius 3 is 1.51 bits per heavy atom. The molecule has 0 aromatic heterocycles. The van der Waals surface area contributed by atoms with Crippen LogP contribution in [-0.2, 0) is 61.7 Å². The van der Waals surface area contributed by atoms with E-state index in [9.17, 15) is 81.1 Å². The molecule has 8 rings (SSSR count). The van der Waals surface area contributed by atoms with Gasteiger partial charge >= 0.3 is 11.9 Å². The smallest absolute Gasteiger partial charge is 0.330 e. The Morgan fingerprint density at radius 2 is 0.963 bits per heavy atom. The first-order chi connectivity index (χ1) is 38.2. The minimum Gasteiger partial charge on any atom is -0.460 e. The maximum Gasteiger partial charge on any atom is 0.330 e. The normalized spacial score (nSPS) is 48.6. The fourth-order valence-electron chi connectivity index (χ4n) is 12.7. The predicted octanol–water partition coefficient (Wildman–Crippen LogP) is -4.80. The first-order valence-corrected chi connectivity index (χ1v) is 28.0. The second-order valence-electron chi connectivity index (χ2n) is 22.9. The van der Waals surface area contributed by atoms with E-state index in [2.05, 4.69) is 0 Å². The molecule has 4 heterocycles. The van der Waals surface area contributed by atoms with Gasteiger partial charge in [-0.3, -0.25) is 0 Å². The molecular weight excluding hydrogens is 1070 g/mol. The summed E-state index contributed by atoms with van der Waals surface area (Å²) in [6.45, 7) is -2.08. The van der Waals surface area contributed by atoms with E-state index in [-0.39, 0.29) is 43.9 Å². The molecule has 0 radical (unpaired) electrons. The molecule has 458 valence electrons. The molecule has 0 bridgehead atoms. The lowest BCUT2D eigenvalue weighted by Crippen LogP contribution is -2.66. The van der Waals surface area contributed by atoms with Gasteiger partial charge in [0.1, 0.15) is 86.5 Å². The Labute approximate surface area is 462 Å². The number of rotatable bonds is 18. The minimum atomic E-state index is -2.05. The number of aliphatic hydroxyl groups is 14. The molecular formula is C53H84O27. The number of ether oxygens (including phenoxy) is 11. The van der Waals surface area contributed by atoms with Crippen LogP contribution in [0, 0.1) is 23.7 Å². The van der Waals surface area contributed by atoms with Crippen molar-refractivity contribution in [2.45, 2.75) is 236 Å². The fourth-order valence-corrected chi connectivity index (χ4v) is 12.7. The first-order valence-electron chi connectivity index (χ1n) is 28.0. The van der Waals surface area contributed by atoms with Crippen LogP contribution in [0.15, 0.2) is 24.3 Å². The number of carbonyl (C=O) groups excluding carboxylic acids is 2. The average molecular weight is 1150 g/mol. The van der Waals surface area contributed by atoms with Gasteiger partial charge in [0, 0.05) is 38.7 Å². The van der Waals surface area contributed by atoms with Crippen LogP contribution in [-0.4, -0.2) is 277 Å². The van der Waals surface area contributed by atoms with Crippen LogP contribution in [0.25, 0.3) is 0 Å². The fraction of sp³-hybridized carbons (Fsp3) is 0.887. The third kappa shape index (κ3) is 15.1. The highest BCUT2D eigenvalue weighted by Crippen LogP contribution is 2.46. The highest BCUT2D eigenvalue weighted by Gasteiger charge is 2.56. The summed E-state index contributed by atoms with van der Waals surface area (Å²) in [6, 6.07) is 0. The number of allylic oxidation sites excluding steroid dienone is 2. The zero-order chi connectivity index (χ0) is 57.7. The Hall–Kier alpha value is -2.50. The van der Waals surface area contributed by atoms with Crippen molar-refractivity contribution in [2.75, 3.05) is 34.0 Å². The van der Waals surface area contributed by atoms with E-state index in [4.69, 9.17) is 52.1 Å². The molecule has 27 heteroatoms. The molecule has 8 aliphatic rings. The van der Waals surface area contributed by atoms with E-state index in [1.165, 1.54) is 26.4 Å². The van der Waals surface area contributed by atoms with E-state index in [0.29, 0.717) is 44.9 Å². The van der Waals surface area contributed by atoms with Crippen LogP contribution in [0.2, 0.25) is 0 Å². The predicted molar refractivity (Wildman–Crippen MR) is 266 cm³/mol. The molecule has 4 saturated carbocycles. The van der Waals surface area contributed by atoms with Gasteiger partial charge in [0.05, 0.1) is 73.8 Å². The van der Waals surface area contributed by atoms with Crippen molar-refractivity contribution in [1.82, 2.24) is 0 Å². The molecule has 0 spiro atoms. The largest absolute Gasteiger partial charge is 0.460 e. The van der Waals surface area contributed by atoms with Crippen molar-refractivity contribution in [1.29, 1.82) is 0 Å². The SMILES string of the molecule is COC1CC(C=CC(=O)OC[C@H]2O[C@@H](O[C@H]3[C@H](OC4CC5C(CC(O)CC5O[C@@H]5O[C@H](CO)[C@@H](O)[C@H](O)[C@H]5O)OC4C4CCC(O)C(O)C4)O[C@H](COC(=O)C=CC4CCC(O)C(OC)C4)[C@@H](O)[C@@H]3O)[C@H](O)[C@@H](O)[C@@H]2O)CCC1O. The lowest BCUT2D eigenvalue weighted by atomic mass is 9.72. The molecule has 30 atom stereocenters. The van der Waals surface area contributed by atoms with E-state index < -0.39 is 203 Å². The monoisotopic (exact) mass is 1150 g/mol. The van der Waals surface area contributed by atoms with Crippen molar-refractivity contribution in [2.24, 2.45) is 23.7 Å². The van der Waals surface area contributed by atoms with Gasteiger partial charge in [0.15, 0.2) is 18.9 Å². The molecule has 4 aliphatic heterocycles. The van der Waals surface area contributed by atoms with Crippen LogP contribution in [0.5, 0.6) is 0 Å². The number of fused-ring (bicyclic) bond motifs is 1. The maximum absolute atomic E-state index is 13.2. The van der Waals surface area contributed by atoms with Gasteiger partial charge in [0.25, 0.3) is 0 Å². The number of hydrogen-bond donors (Lipinski definition) is 14. The lowest BCUT2D eigenvalue weighted by Gasteiger charge is -2.53. The van der Waals surface area contributed by atoms with Crippen LogP contribution in [0.1, 0.15) is 77.0 Å². The first kappa shape index (κ1) is 63.5. The average Bonchev–Trinajstić information content (AvgIpc) is 3.44. The molecule has 14 N–H and O–H groups in total. The van der Waals surface area contributed by atoms with Crippen molar-refractivity contribution in [3.05, 3.63) is 24.3 Å². The lowest BCUT2D eigenvalue weighted by molar-refractivity contribution is -0.380. The van der Waals surface area contributed by atoms with Gasteiger partial charge in [-0.25, -0.2) is 9.59 Å². The molecule has 0 aromatic rings. The third-order valence-electron chi connectivity index (χ3n) is 17.5. The molecule has 4 aliphatic carbocycles. The van der Waals surface area contributed by atoms with Crippen LogP contribution >= 0.6 is 0 Å². The summed E-state index contributed by atoms with van der Waals surface area (Å²) in [5.41, 5.74) is 0. The number of hydrogen-bond acceptors (Lipinski definition) is 27. The van der Waals surface area contributed by atoms with Crippen molar-refractivity contribution < 1.29 is 133 Å². The summed E-state index contributed by atoms with van der Waals surface area (Å²) in [6.07, 6.45) is -27.2. The topological polar surface area (TPSA) is 419 Å². The van der Waals surface area contributed by atoms with Crippen molar-refractivity contribution >= 4 is 11.9 Å². The van der Waals surface area contributed by atoms with E-state index in [1.807, 2.05) is 0 Å². The molecule has 4 saturated heterocycles. The zero-order valence-electron chi connectivity index (χ0n) is 44.8. The summed E-state index contributed by atoms with van der Waals surface area (Å²) >= 11 is 0. The van der Waals surface area contributed by atoms with Crippen molar-refractivity contribution in [3.8, 4) is 0 Å². The Bertz CT molecular complexity index is 2020. The van der Waals surface area contributed by atoms with Gasteiger partial charge in [-0.1, -0.05) is 12.2 Å². The molecule has 0 amide bonds. The number of esters is 2. The molecule has 27 nitrogen and oxygen atoms in total. The molecule has 15 unspecified atom stereocenters. The highest BCUT2D eigenvalue weighted by atomic mass is 16.8. The number of carbonyl (C=O) groups is 2. The highest BCUT2D eigenvalue weighted by molar-refractivity contribution is 5.82. The summed E-state index contributed by atoms with van der Waals surface area (Å²) in [7, 11) is 2.96. The second-order valence-corrected chi connectivity index (χ2v) is 22.9. The van der Waals surface area contributed by atoms with Gasteiger partial charge in [0.2, 0.25) is 0 Å². The summed E-state index contributed by atoms with van der Waals surface area (Å²) in [5.74, 6) is -3.20. The Kier molecular flexibility index (Phi) is 22.7. The van der Waals surface area contributed by atoms with E-state index in [1.54, 1.807) is 12.2 Å². The molecule has 80 heavy (non-hydrogen) atoms. The van der Waals surface area contributed by atoms with Crippen LogP contribution < -0.4 is 0 Å². The van der Waals surface area contributed by atoms with Gasteiger partial charge < -0.3 is 124 Å². The quantitative estimate of drug-likeness (QED) is 0.0452. The van der Waals surface area contributed by atoms with Gasteiger partial charge in [-0.15, -0.1) is 0 Å². The van der Waals surface area contributed by atoms with Crippen LogP contribution in [0.3, 0.4) is 0 Å². The maximum atomic E-state index is 13.2. The summed E-state index contributed by atoms with van der Waals surface area (Å²) < 4.78 is 65.5. The second kappa shape index (κ2) is 28.6. The molecule has 8 fully saturated rings. The van der Waals surface area contributed by atoms with Crippen molar-refractivity contribution in [3.63, 3.8) is 0 Å². The number of aliphatic hydroxyl groups excluding tert-OH is 14. The Balaban J connectivity index is 1.04. The summed E-state index contributed by atoms with van der Waals surface area (Å²) in [5, 5.41) is 152. The third-order valence-corrected chi connectivity index (χ3v) is 17.5. The Morgan fingerprint density at radius 1 is 0.463 bits per heavy atom. The van der Waals surface area contributed by atoms with Gasteiger partial charge in [-0.2, -0.15) is 0 Å². The summed E-state index contributed by atoms with van der Waals surface area (Å²) in [4.78, 5) is 26.1. The van der Waals surface area contributed by atoms with E-state index >= 15 is 0 Å². The van der Waals surface area contributed by atoms with Crippen LogP contribution in [0.4, 0.5) is 0 Å². The van der Waals surface area contributed by atoms with Gasteiger partial charge in [-0.05, 0) is 88.4 Å². The van der Waals surface area contributed by atoms with E-state index in [0.717, 1.165) is 0 Å². The number of methoxy groups -OCH3 is 2. The minimum absolute atomic E-state index is 0.0198. The zero-order valence-corrected chi connectivity index (χ0v) is 44.8. The standard InChI is InChI=1S/C53H84O27/c1-70-33-13-22(3-8-28(33)57)5-11-39(60)72-20-37-42(63)45(66)48(69)52(78-37)80-50-46(67)43(64)38(21-73-40(61)12-6-23-4-9-29(58)34(14-23)71-2)79-53(50)76-35-18-26-31(74-49(35)24-7-10-27(56)30(59)15-24)16-25(55)17-32(26)75-51-47(68)44(65)41(62)36(19-54)77-51/h5-6,11-12,22-38,41-59,62-69H,3-4,7-10,13-21H2,1-2H3/t22?,23?,24?,25?,26?,27?,28?,29?,30?,31?,32?,33?,34?,35?,36-,37-,38-,41-,42-,43-,44+,45+,46+,47-,48-,49?,50-,51-,52+,53-/m1/s1. The molecule has 0 aromatic carbocycles.